The summed E-state index contributed by atoms with van der Waals surface area (Å²) in [6.45, 7) is 8.94. The van der Waals surface area contributed by atoms with Gasteiger partial charge in [0.15, 0.2) is 0 Å². The van der Waals surface area contributed by atoms with E-state index in [1.54, 1.807) is 0 Å². The van der Waals surface area contributed by atoms with Gasteiger partial charge in [-0.3, -0.25) is 0 Å². The van der Waals surface area contributed by atoms with Crippen molar-refractivity contribution in [3.05, 3.63) is 0 Å². The number of aliphatic hydroxyl groups excluding tert-OH is 1. The molecule has 0 aliphatic rings. The second-order valence-corrected chi connectivity index (χ2v) is 3.69. The Balaban J connectivity index is 3.27. The van der Waals surface area contributed by atoms with Gasteiger partial charge < -0.3 is 15.2 Å². The highest BCUT2D eigenvalue weighted by molar-refractivity contribution is 4.63. The van der Waals surface area contributed by atoms with Gasteiger partial charge in [-0.25, -0.2) is 0 Å². The first kappa shape index (κ1) is 12.9. The van der Waals surface area contributed by atoms with Crippen molar-refractivity contribution < 1.29 is 9.84 Å². The van der Waals surface area contributed by atoms with Crippen LogP contribution in [0, 0.1) is 5.92 Å². The molecule has 0 saturated carbocycles. The second kappa shape index (κ2) is 8.48. The molecule has 13 heavy (non-hydrogen) atoms. The van der Waals surface area contributed by atoms with E-state index in [1.165, 1.54) is 0 Å². The van der Waals surface area contributed by atoms with Crippen LogP contribution in [0.15, 0.2) is 0 Å². The quantitative estimate of drug-likeness (QED) is 0.560. The Labute approximate surface area is 81.5 Å². The van der Waals surface area contributed by atoms with Gasteiger partial charge in [-0.2, -0.15) is 0 Å². The first-order valence-corrected chi connectivity index (χ1v) is 5.12. The van der Waals surface area contributed by atoms with Crippen molar-refractivity contribution in [2.75, 3.05) is 26.4 Å². The minimum Gasteiger partial charge on any atom is -0.395 e. The molecule has 0 aromatic rings. The van der Waals surface area contributed by atoms with E-state index >= 15 is 0 Å². The van der Waals surface area contributed by atoms with Crippen LogP contribution in [0.4, 0.5) is 0 Å². The van der Waals surface area contributed by atoms with Crippen molar-refractivity contribution in [3.63, 3.8) is 0 Å². The first-order valence-electron chi connectivity index (χ1n) is 5.12. The van der Waals surface area contributed by atoms with E-state index in [4.69, 9.17) is 9.84 Å². The molecule has 3 nitrogen and oxygen atoms in total. The van der Waals surface area contributed by atoms with Crippen LogP contribution in [0.5, 0.6) is 0 Å². The molecular weight excluding hydrogens is 166 g/mol. The normalized spacial score (nSPS) is 13.6. The molecule has 0 aliphatic heterocycles. The molecule has 0 radical (unpaired) electrons. The zero-order valence-corrected chi connectivity index (χ0v) is 9.05. The Morgan fingerprint density at radius 3 is 2.54 bits per heavy atom. The summed E-state index contributed by atoms with van der Waals surface area (Å²) in [5.74, 6) is 0.590. The van der Waals surface area contributed by atoms with E-state index < -0.39 is 0 Å². The summed E-state index contributed by atoms with van der Waals surface area (Å²) in [5, 5.41) is 12.1. The third kappa shape index (κ3) is 8.22. The van der Waals surface area contributed by atoms with Crippen LogP contribution in [0.1, 0.15) is 27.2 Å². The van der Waals surface area contributed by atoms with Crippen molar-refractivity contribution >= 4 is 0 Å². The van der Waals surface area contributed by atoms with Gasteiger partial charge in [-0.1, -0.05) is 20.8 Å². The molecule has 0 saturated heterocycles. The Kier molecular flexibility index (Phi) is 8.40. The Morgan fingerprint density at radius 2 is 2.08 bits per heavy atom. The highest BCUT2D eigenvalue weighted by Gasteiger charge is 2.04. The minimum absolute atomic E-state index is 0.192. The topological polar surface area (TPSA) is 41.5 Å². The predicted molar refractivity (Wildman–Crippen MR) is 54.8 cm³/mol. The lowest BCUT2D eigenvalue weighted by atomic mass is 10.2. The van der Waals surface area contributed by atoms with Crippen LogP contribution in [-0.4, -0.2) is 37.5 Å². The smallest absolute Gasteiger partial charge is 0.0585 e. The van der Waals surface area contributed by atoms with Gasteiger partial charge in [-0.15, -0.1) is 0 Å². The van der Waals surface area contributed by atoms with E-state index in [0.29, 0.717) is 5.92 Å². The number of rotatable bonds is 8. The van der Waals surface area contributed by atoms with E-state index in [1.807, 2.05) is 6.92 Å². The van der Waals surface area contributed by atoms with Gasteiger partial charge in [0.1, 0.15) is 0 Å². The molecular formula is C10H23NO2. The minimum atomic E-state index is 0.192. The highest BCUT2D eigenvalue weighted by atomic mass is 16.5. The number of ether oxygens (including phenoxy) is 1. The van der Waals surface area contributed by atoms with Gasteiger partial charge in [0.25, 0.3) is 0 Å². The number of aliphatic hydroxyl groups is 1. The van der Waals surface area contributed by atoms with E-state index in [0.717, 1.165) is 26.2 Å². The number of nitrogens with one attached hydrogen (secondary N) is 1. The maximum absolute atomic E-state index is 8.95. The summed E-state index contributed by atoms with van der Waals surface area (Å²) in [7, 11) is 0. The molecule has 2 N–H and O–H groups in total. The molecule has 1 unspecified atom stereocenters. The first-order chi connectivity index (χ1) is 6.20. The summed E-state index contributed by atoms with van der Waals surface area (Å²) in [5.41, 5.74) is 0. The Morgan fingerprint density at radius 1 is 1.38 bits per heavy atom. The average molecular weight is 189 g/mol. The van der Waals surface area contributed by atoms with Gasteiger partial charge in [-0.05, 0) is 18.9 Å². The number of likely N-dealkylation sites (N-methyl/N-ethyl adjacent to an activating group) is 1. The van der Waals surface area contributed by atoms with Crippen LogP contribution in [0.25, 0.3) is 0 Å². The molecule has 0 rings (SSSR count). The van der Waals surface area contributed by atoms with Crippen LogP contribution in [0.3, 0.4) is 0 Å². The summed E-state index contributed by atoms with van der Waals surface area (Å²) in [6, 6.07) is 0.192. The molecule has 0 bridgehead atoms. The third-order valence-corrected chi connectivity index (χ3v) is 1.78. The fourth-order valence-corrected chi connectivity index (χ4v) is 1.09. The molecule has 0 spiro atoms. The molecule has 3 heteroatoms. The van der Waals surface area contributed by atoms with Gasteiger partial charge >= 0.3 is 0 Å². The van der Waals surface area contributed by atoms with E-state index in [9.17, 15) is 0 Å². The summed E-state index contributed by atoms with van der Waals surface area (Å²) < 4.78 is 5.42. The molecule has 0 aromatic carbocycles. The van der Waals surface area contributed by atoms with E-state index in [2.05, 4.69) is 19.2 Å². The summed E-state index contributed by atoms with van der Waals surface area (Å²) in [6.07, 6.45) is 0.886. The van der Waals surface area contributed by atoms with Crippen molar-refractivity contribution in [2.45, 2.75) is 33.2 Å². The van der Waals surface area contributed by atoms with Crippen LogP contribution in [-0.2, 0) is 4.74 Å². The zero-order chi connectivity index (χ0) is 10.1. The van der Waals surface area contributed by atoms with Crippen molar-refractivity contribution in [1.29, 1.82) is 0 Å². The lowest BCUT2D eigenvalue weighted by Crippen LogP contribution is -2.33. The summed E-state index contributed by atoms with van der Waals surface area (Å²) in [4.78, 5) is 0. The van der Waals surface area contributed by atoms with Crippen LogP contribution < -0.4 is 5.32 Å². The molecule has 0 aliphatic carbocycles. The van der Waals surface area contributed by atoms with Gasteiger partial charge in [0.2, 0.25) is 0 Å². The largest absolute Gasteiger partial charge is 0.395 e. The SMILES string of the molecule is CCNC(CO)CCOCC(C)C. The Bertz CT molecular complexity index is 107. The second-order valence-electron chi connectivity index (χ2n) is 3.69. The molecule has 80 valence electrons. The molecule has 0 heterocycles. The predicted octanol–water partition coefficient (Wildman–Crippen LogP) is 1.02. The number of hydrogen-bond acceptors (Lipinski definition) is 3. The fraction of sp³-hybridized carbons (Fsp3) is 1.00. The lowest BCUT2D eigenvalue weighted by Gasteiger charge is -2.15. The maximum Gasteiger partial charge on any atom is 0.0585 e. The van der Waals surface area contributed by atoms with Crippen molar-refractivity contribution in [2.24, 2.45) is 5.92 Å². The number of hydrogen-bond donors (Lipinski definition) is 2. The maximum atomic E-state index is 8.95. The average Bonchev–Trinajstić information content (AvgIpc) is 2.10. The fourth-order valence-electron chi connectivity index (χ4n) is 1.09. The molecule has 0 fully saturated rings. The van der Waals surface area contributed by atoms with Crippen molar-refractivity contribution in [3.8, 4) is 0 Å². The lowest BCUT2D eigenvalue weighted by molar-refractivity contribution is 0.0943. The summed E-state index contributed by atoms with van der Waals surface area (Å²) >= 11 is 0. The standard InChI is InChI=1S/C10H23NO2/c1-4-11-10(7-12)5-6-13-8-9(2)3/h9-12H,4-8H2,1-3H3. The van der Waals surface area contributed by atoms with Crippen molar-refractivity contribution in [1.82, 2.24) is 5.32 Å². The van der Waals surface area contributed by atoms with E-state index in [-0.39, 0.29) is 12.6 Å². The van der Waals surface area contributed by atoms with Gasteiger partial charge in [0, 0.05) is 19.3 Å². The zero-order valence-electron chi connectivity index (χ0n) is 9.05. The Hall–Kier alpha value is -0.120. The van der Waals surface area contributed by atoms with Gasteiger partial charge in [0.05, 0.1) is 6.61 Å². The molecule has 0 amide bonds. The molecule has 0 aromatic heterocycles. The van der Waals surface area contributed by atoms with Crippen LogP contribution >= 0.6 is 0 Å². The third-order valence-electron chi connectivity index (χ3n) is 1.78. The van der Waals surface area contributed by atoms with Crippen LogP contribution in [0.2, 0.25) is 0 Å². The monoisotopic (exact) mass is 189 g/mol. The molecule has 1 atom stereocenters. The highest BCUT2D eigenvalue weighted by Crippen LogP contribution is 1.96.